The molecule has 1 N–H and O–H groups in total. The molecule has 0 aliphatic rings. The zero-order valence-electron chi connectivity index (χ0n) is 11.2. The lowest BCUT2D eigenvalue weighted by molar-refractivity contribution is -0.135. The minimum absolute atomic E-state index is 0.186. The van der Waals surface area contributed by atoms with Gasteiger partial charge in [-0.05, 0) is 23.8 Å². The molecular weight excluding hydrogens is 252 g/mol. The summed E-state index contributed by atoms with van der Waals surface area (Å²) in [5.74, 6) is -0.0233. The van der Waals surface area contributed by atoms with E-state index in [1.165, 1.54) is 34.5 Å². The van der Waals surface area contributed by atoms with Crippen LogP contribution in [0.3, 0.4) is 0 Å². The first kappa shape index (κ1) is 14.7. The Morgan fingerprint density at radius 3 is 1.89 bits per heavy atom. The minimum atomic E-state index is -1.16. The van der Waals surface area contributed by atoms with Gasteiger partial charge in [0.05, 0.1) is 28.4 Å². The summed E-state index contributed by atoms with van der Waals surface area (Å²) in [6, 6.07) is 3.26. The predicted molar refractivity (Wildman–Crippen MR) is 68.7 cm³/mol. The summed E-state index contributed by atoms with van der Waals surface area (Å²) in [6.07, 6.45) is 1.37. The molecule has 0 amide bonds. The van der Waals surface area contributed by atoms with Crippen LogP contribution < -0.4 is 14.2 Å². The van der Waals surface area contributed by atoms with Crippen LogP contribution in [-0.4, -0.2) is 39.5 Å². The van der Waals surface area contributed by atoms with Gasteiger partial charge in [0.25, 0.3) is 0 Å². The van der Waals surface area contributed by atoms with E-state index in [0.29, 0.717) is 22.8 Å². The van der Waals surface area contributed by atoms with Gasteiger partial charge in [-0.25, -0.2) is 4.79 Å². The van der Waals surface area contributed by atoms with Gasteiger partial charge in [-0.1, -0.05) is 0 Å². The van der Waals surface area contributed by atoms with E-state index in [1.54, 1.807) is 12.1 Å². The van der Waals surface area contributed by atoms with Crippen LogP contribution in [0.5, 0.6) is 17.2 Å². The molecule has 6 heteroatoms. The van der Waals surface area contributed by atoms with Gasteiger partial charge < -0.3 is 24.1 Å². The van der Waals surface area contributed by atoms with Crippen LogP contribution in [-0.2, 0) is 9.53 Å². The summed E-state index contributed by atoms with van der Waals surface area (Å²) in [6.45, 7) is 0. The van der Waals surface area contributed by atoms with Crippen LogP contribution in [0.15, 0.2) is 17.9 Å². The van der Waals surface area contributed by atoms with Crippen molar-refractivity contribution in [3.63, 3.8) is 0 Å². The number of ether oxygens (including phenoxy) is 4. The number of hydrogen-bond acceptors (Lipinski definition) is 5. The van der Waals surface area contributed by atoms with Crippen molar-refractivity contribution in [1.82, 2.24) is 0 Å². The molecule has 0 aliphatic carbocycles. The van der Waals surface area contributed by atoms with E-state index in [4.69, 9.17) is 24.1 Å². The third kappa shape index (κ3) is 3.31. The maximum Gasteiger partial charge on any atom is 0.371 e. The fourth-order valence-corrected chi connectivity index (χ4v) is 1.54. The molecule has 19 heavy (non-hydrogen) atoms. The number of hydrogen-bond donors (Lipinski definition) is 1. The topological polar surface area (TPSA) is 74.2 Å². The zero-order chi connectivity index (χ0) is 14.4. The largest absolute Gasteiger partial charge is 0.493 e. The lowest BCUT2D eigenvalue weighted by Gasteiger charge is -2.13. The molecule has 0 atom stereocenters. The minimum Gasteiger partial charge on any atom is -0.493 e. The van der Waals surface area contributed by atoms with Crippen molar-refractivity contribution in [3.8, 4) is 17.2 Å². The fraction of sp³-hybridized carbons (Fsp3) is 0.308. The van der Waals surface area contributed by atoms with E-state index < -0.39 is 5.97 Å². The van der Waals surface area contributed by atoms with Gasteiger partial charge in [-0.3, -0.25) is 0 Å². The van der Waals surface area contributed by atoms with Crippen LogP contribution in [0.4, 0.5) is 0 Å². The second kappa shape index (κ2) is 6.53. The SMILES string of the molecule is COC(=Cc1cc(OC)c(OC)c(OC)c1)C(=O)O. The predicted octanol–water partition coefficient (Wildman–Crippen LogP) is 1.78. The molecular formula is C13H16O6. The molecule has 0 bridgehead atoms. The number of carboxylic acids is 1. The van der Waals surface area contributed by atoms with Crippen LogP contribution in [0.25, 0.3) is 6.08 Å². The van der Waals surface area contributed by atoms with Crippen LogP contribution in [0.2, 0.25) is 0 Å². The quantitative estimate of drug-likeness (QED) is 0.626. The van der Waals surface area contributed by atoms with E-state index in [0.717, 1.165) is 0 Å². The molecule has 1 rings (SSSR count). The molecule has 0 aromatic heterocycles. The molecule has 0 saturated heterocycles. The number of carboxylic acid groups (broad SMARTS) is 1. The summed E-state index contributed by atoms with van der Waals surface area (Å²) in [5.41, 5.74) is 0.564. The van der Waals surface area contributed by atoms with Gasteiger partial charge in [-0.2, -0.15) is 0 Å². The molecule has 1 aromatic rings. The smallest absolute Gasteiger partial charge is 0.371 e. The average molecular weight is 268 g/mol. The Balaban J connectivity index is 3.34. The van der Waals surface area contributed by atoms with Gasteiger partial charge >= 0.3 is 5.97 Å². The van der Waals surface area contributed by atoms with Crippen molar-refractivity contribution >= 4 is 12.0 Å². The second-order valence-electron chi connectivity index (χ2n) is 3.48. The summed E-state index contributed by atoms with van der Waals surface area (Å²) in [7, 11) is 5.75. The Hall–Kier alpha value is -2.37. The van der Waals surface area contributed by atoms with Crippen LogP contribution >= 0.6 is 0 Å². The number of benzene rings is 1. The van der Waals surface area contributed by atoms with Gasteiger partial charge in [0.2, 0.25) is 11.5 Å². The third-order valence-corrected chi connectivity index (χ3v) is 2.42. The fourth-order valence-electron chi connectivity index (χ4n) is 1.54. The molecule has 6 nitrogen and oxygen atoms in total. The number of methoxy groups -OCH3 is 4. The van der Waals surface area contributed by atoms with Gasteiger partial charge in [0.1, 0.15) is 0 Å². The highest BCUT2D eigenvalue weighted by atomic mass is 16.5. The van der Waals surface area contributed by atoms with Crippen molar-refractivity contribution in [2.45, 2.75) is 0 Å². The monoisotopic (exact) mass is 268 g/mol. The van der Waals surface area contributed by atoms with Crippen molar-refractivity contribution in [1.29, 1.82) is 0 Å². The molecule has 0 radical (unpaired) electrons. The van der Waals surface area contributed by atoms with E-state index >= 15 is 0 Å². The zero-order valence-corrected chi connectivity index (χ0v) is 11.2. The van der Waals surface area contributed by atoms with Crippen LogP contribution in [0, 0.1) is 0 Å². The summed E-state index contributed by atoms with van der Waals surface area (Å²) >= 11 is 0. The Kier molecular flexibility index (Phi) is 5.05. The Labute approximate surface area is 111 Å². The first-order valence-electron chi connectivity index (χ1n) is 5.36. The van der Waals surface area contributed by atoms with Crippen molar-refractivity contribution in [2.24, 2.45) is 0 Å². The molecule has 1 aromatic carbocycles. The van der Waals surface area contributed by atoms with E-state index in [2.05, 4.69) is 0 Å². The van der Waals surface area contributed by atoms with E-state index in [1.807, 2.05) is 0 Å². The second-order valence-corrected chi connectivity index (χ2v) is 3.48. The third-order valence-electron chi connectivity index (χ3n) is 2.42. The number of aliphatic carboxylic acids is 1. The molecule has 104 valence electrons. The highest BCUT2D eigenvalue weighted by molar-refractivity contribution is 5.90. The lowest BCUT2D eigenvalue weighted by Crippen LogP contribution is -2.02. The first-order chi connectivity index (χ1) is 9.07. The van der Waals surface area contributed by atoms with Gasteiger partial charge in [0.15, 0.2) is 11.5 Å². The summed E-state index contributed by atoms with van der Waals surface area (Å²) in [5, 5.41) is 8.91. The first-order valence-corrected chi connectivity index (χ1v) is 5.36. The molecule has 0 heterocycles. The molecule has 0 unspecified atom stereocenters. The lowest BCUT2D eigenvalue weighted by atomic mass is 10.1. The summed E-state index contributed by atoms with van der Waals surface area (Å²) in [4.78, 5) is 10.9. The number of rotatable bonds is 6. The Morgan fingerprint density at radius 1 is 1.05 bits per heavy atom. The maximum absolute atomic E-state index is 10.9. The Morgan fingerprint density at radius 2 is 1.58 bits per heavy atom. The molecule has 0 fully saturated rings. The van der Waals surface area contributed by atoms with Crippen molar-refractivity contribution in [2.75, 3.05) is 28.4 Å². The maximum atomic E-state index is 10.9. The van der Waals surface area contributed by atoms with E-state index in [-0.39, 0.29) is 5.76 Å². The molecule has 0 saturated carbocycles. The summed E-state index contributed by atoms with van der Waals surface area (Å²) < 4.78 is 20.3. The Bertz CT molecular complexity index is 467. The van der Waals surface area contributed by atoms with Crippen molar-refractivity contribution in [3.05, 3.63) is 23.5 Å². The van der Waals surface area contributed by atoms with Gasteiger partial charge in [-0.15, -0.1) is 0 Å². The van der Waals surface area contributed by atoms with Crippen molar-refractivity contribution < 1.29 is 28.8 Å². The highest BCUT2D eigenvalue weighted by Gasteiger charge is 2.14. The molecule has 0 aliphatic heterocycles. The molecule has 0 spiro atoms. The normalized spacial score (nSPS) is 10.8. The standard InChI is InChI=1S/C13H16O6/c1-16-9-5-8(7-11(18-3)13(14)15)6-10(17-2)12(9)19-4/h5-7H,1-4H3,(H,14,15). The van der Waals surface area contributed by atoms with E-state index in [9.17, 15) is 4.79 Å². The van der Waals surface area contributed by atoms with Gasteiger partial charge in [0, 0.05) is 0 Å². The average Bonchev–Trinajstić information content (AvgIpc) is 2.42. The number of carbonyl (C=O) groups is 1. The van der Waals surface area contributed by atoms with Crippen LogP contribution in [0.1, 0.15) is 5.56 Å². The highest BCUT2D eigenvalue weighted by Crippen LogP contribution is 2.38.